The Hall–Kier alpha value is -1.94. The maximum absolute atomic E-state index is 11.0. The lowest BCUT2D eigenvalue weighted by atomic mass is 9.85. The molecule has 0 fully saturated rings. The van der Waals surface area contributed by atoms with Crippen LogP contribution < -0.4 is 0 Å². The molecule has 3 nitrogen and oxygen atoms in total. The lowest BCUT2D eigenvalue weighted by molar-refractivity contribution is -0.136. The Labute approximate surface area is 124 Å². The molecule has 0 saturated carbocycles. The first-order valence-electron chi connectivity index (χ1n) is 6.84. The van der Waals surface area contributed by atoms with Crippen molar-refractivity contribution in [1.29, 1.82) is 0 Å². The molecule has 0 aliphatic heterocycles. The number of hydrogen-bond donors (Lipinski definition) is 1. The zero-order valence-electron chi connectivity index (χ0n) is 12.1. The van der Waals surface area contributed by atoms with Crippen LogP contribution in [0.4, 0.5) is 0 Å². The summed E-state index contributed by atoms with van der Waals surface area (Å²) in [4.78, 5) is 0. The number of benzene rings is 2. The molecule has 1 aliphatic rings. The minimum Gasteiger partial charge on any atom is -0.377 e. The third-order valence-electron chi connectivity index (χ3n) is 4.00. The highest BCUT2D eigenvalue weighted by Crippen LogP contribution is 2.35. The van der Waals surface area contributed by atoms with Crippen molar-refractivity contribution in [3.63, 3.8) is 0 Å². The van der Waals surface area contributed by atoms with Gasteiger partial charge in [0.15, 0.2) is 0 Å². The summed E-state index contributed by atoms with van der Waals surface area (Å²) >= 11 is 0. The Morgan fingerprint density at radius 1 is 0.810 bits per heavy atom. The Morgan fingerprint density at radius 3 is 2.10 bits per heavy atom. The number of fused-ring (bicyclic) bond motifs is 1. The van der Waals surface area contributed by atoms with E-state index < -0.39 is 11.4 Å². The minimum atomic E-state index is -1.17. The predicted molar refractivity (Wildman–Crippen MR) is 82.9 cm³/mol. The van der Waals surface area contributed by atoms with Gasteiger partial charge in [-0.3, -0.25) is 0 Å². The summed E-state index contributed by atoms with van der Waals surface area (Å²) in [6, 6.07) is 13.9. The van der Waals surface area contributed by atoms with Gasteiger partial charge in [-0.1, -0.05) is 42.5 Å². The monoisotopic (exact) mass is 282 g/mol. The average Bonchev–Trinajstić information content (AvgIpc) is 2.55. The van der Waals surface area contributed by atoms with E-state index in [1.54, 1.807) is 38.5 Å². The fourth-order valence-electron chi connectivity index (χ4n) is 2.71. The van der Waals surface area contributed by atoms with E-state index in [1.807, 2.05) is 42.5 Å². The Morgan fingerprint density at radius 2 is 1.43 bits per heavy atom. The zero-order valence-corrected chi connectivity index (χ0v) is 12.1. The molecule has 21 heavy (non-hydrogen) atoms. The van der Waals surface area contributed by atoms with Crippen molar-refractivity contribution in [2.75, 3.05) is 14.2 Å². The first-order valence-corrected chi connectivity index (χ1v) is 6.84. The van der Waals surface area contributed by atoms with E-state index in [0.29, 0.717) is 0 Å². The van der Waals surface area contributed by atoms with Crippen molar-refractivity contribution in [3.8, 4) is 0 Å². The Balaban J connectivity index is 2.10. The smallest absolute Gasteiger partial charge is 0.207 e. The largest absolute Gasteiger partial charge is 0.377 e. The Kier molecular flexibility index (Phi) is 3.41. The van der Waals surface area contributed by atoms with Crippen molar-refractivity contribution in [2.45, 2.75) is 11.4 Å². The van der Waals surface area contributed by atoms with E-state index in [0.717, 1.165) is 16.3 Å². The summed E-state index contributed by atoms with van der Waals surface area (Å²) in [7, 11) is 3.14. The van der Waals surface area contributed by atoms with Crippen LogP contribution in [0.3, 0.4) is 0 Å². The molecule has 1 aliphatic carbocycles. The van der Waals surface area contributed by atoms with Crippen LogP contribution in [0.15, 0.2) is 66.8 Å². The summed E-state index contributed by atoms with van der Waals surface area (Å²) in [5.74, 6) is -0.906. The molecule has 0 aromatic heterocycles. The third-order valence-corrected chi connectivity index (χ3v) is 4.00. The molecule has 108 valence electrons. The van der Waals surface area contributed by atoms with Crippen LogP contribution in [0.25, 0.3) is 10.8 Å². The van der Waals surface area contributed by atoms with E-state index in [1.165, 1.54) is 0 Å². The molecule has 3 heteroatoms. The molecule has 0 spiro atoms. The predicted octanol–water partition coefficient (Wildman–Crippen LogP) is 3.14. The fraction of sp³-hybridized carbons (Fsp3) is 0.222. The molecule has 0 atom stereocenters. The number of ether oxygens (including phenoxy) is 2. The maximum atomic E-state index is 11.0. The van der Waals surface area contributed by atoms with Crippen molar-refractivity contribution in [1.82, 2.24) is 0 Å². The maximum Gasteiger partial charge on any atom is 0.207 e. The summed E-state index contributed by atoms with van der Waals surface area (Å²) in [6.45, 7) is 0. The van der Waals surface area contributed by atoms with Gasteiger partial charge in [-0.05, 0) is 40.6 Å². The summed E-state index contributed by atoms with van der Waals surface area (Å²) in [6.07, 6.45) is 6.88. The van der Waals surface area contributed by atoms with Crippen LogP contribution in [0, 0.1) is 0 Å². The number of rotatable bonds is 3. The van der Waals surface area contributed by atoms with Gasteiger partial charge in [-0.2, -0.15) is 0 Å². The molecular formula is C18H18O3. The second kappa shape index (κ2) is 5.11. The van der Waals surface area contributed by atoms with E-state index in [2.05, 4.69) is 0 Å². The van der Waals surface area contributed by atoms with Gasteiger partial charge in [0.1, 0.15) is 5.60 Å². The van der Waals surface area contributed by atoms with Gasteiger partial charge in [0, 0.05) is 14.2 Å². The second-order valence-corrected chi connectivity index (χ2v) is 5.15. The van der Waals surface area contributed by atoms with Crippen LogP contribution in [0.1, 0.15) is 5.56 Å². The number of aliphatic hydroxyl groups is 1. The normalized spacial score (nSPS) is 19.0. The molecule has 1 N–H and O–H groups in total. The second-order valence-electron chi connectivity index (χ2n) is 5.15. The summed E-state index contributed by atoms with van der Waals surface area (Å²) in [5.41, 5.74) is -0.324. The van der Waals surface area contributed by atoms with E-state index in [-0.39, 0.29) is 0 Å². The van der Waals surface area contributed by atoms with E-state index in [9.17, 15) is 5.11 Å². The molecule has 3 rings (SSSR count). The number of methoxy groups -OCH3 is 2. The van der Waals surface area contributed by atoms with Crippen LogP contribution in [-0.2, 0) is 15.1 Å². The summed E-state index contributed by atoms with van der Waals surface area (Å²) < 4.78 is 10.7. The Bertz CT molecular complexity index is 690. The van der Waals surface area contributed by atoms with Crippen LogP contribution >= 0.6 is 0 Å². The molecule has 0 radical (unpaired) electrons. The molecule has 2 aromatic rings. The topological polar surface area (TPSA) is 38.7 Å². The van der Waals surface area contributed by atoms with E-state index >= 15 is 0 Å². The number of hydrogen-bond acceptors (Lipinski definition) is 3. The highest BCUT2D eigenvalue weighted by molar-refractivity contribution is 5.87. The highest BCUT2D eigenvalue weighted by Gasteiger charge is 2.34. The van der Waals surface area contributed by atoms with Crippen LogP contribution in [-0.4, -0.2) is 25.1 Å². The van der Waals surface area contributed by atoms with Gasteiger partial charge in [0.2, 0.25) is 5.79 Å². The van der Waals surface area contributed by atoms with Gasteiger partial charge in [-0.25, -0.2) is 0 Å². The lowest BCUT2D eigenvalue weighted by Crippen LogP contribution is -2.35. The standard InChI is InChI=1S/C18H18O3/c1-20-18(21-2)12-10-17(19,11-13-18)16-9-5-7-14-6-3-4-8-15(14)16/h3-13,19H,1-2H3. The molecule has 0 saturated heterocycles. The third kappa shape index (κ3) is 2.29. The minimum absolute atomic E-state index is 0.842. The first-order chi connectivity index (χ1) is 10.1. The fourth-order valence-corrected chi connectivity index (χ4v) is 2.71. The zero-order chi connectivity index (χ0) is 14.9. The quantitative estimate of drug-likeness (QED) is 0.694. The van der Waals surface area contributed by atoms with Gasteiger partial charge in [0.25, 0.3) is 0 Å². The SMILES string of the molecule is COC1(OC)C=CC(O)(c2cccc3ccccc23)C=C1. The highest BCUT2D eigenvalue weighted by atomic mass is 16.7. The molecule has 0 unspecified atom stereocenters. The molecule has 0 bridgehead atoms. The van der Waals surface area contributed by atoms with Crippen LogP contribution in [0.5, 0.6) is 0 Å². The first kappa shape index (κ1) is 14.0. The molecule has 2 aromatic carbocycles. The van der Waals surface area contributed by atoms with Crippen molar-refractivity contribution in [2.24, 2.45) is 0 Å². The van der Waals surface area contributed by atoms with Gasteiger partial charge >= 0.3 is 0 Å². The van der Waals surface area contributed by atoms with Crippen molar-refractivity contribution < 1.29 is 14.6 Å². The molecule has 0 heterocycles. The van der Waals surface area contributed by atoms with Gasteiger partial charge in [-0.15, -0.1) is 0 Å². The van der Waals surface area contributed by atoms with Crippen molar-refractivity contribution >= 4 is 10.8 Å². The van der Waals surface area contributed by atoms with Gasteiger partial charge in [0.05, 0.1) is 0 Å². The van der Waals surface area contributed by atoms with Crippen molar-refractivity contribution in [3.05, 3.63) is 72.3 Å². The summed E-state index contributed by atoms with van der Waals surface area (Å²) in [5, 5.41) is 13.1. The molecular weight excluding hydrogens is 264 g/mol. The lowest BCUT2D eigenvalue weighted by Gasteiger charge is -2.32. The average molecular weight is 282 g/mol. The van der Waals surface area contributed by atoms with Crippen LogP contribution in [0.2, 0.25) is 0 Å². The van der Waals surface area contributed by atoms with Gasteiger partial charge < -0.3 is 14.6 Å². The van der Waals surface area contributed by atoms with E-state index in [4.69, 9.17) is 9.47 Å². The molecule has 0 amide bonds.